The van der Waals surface area contributed by atoms with E-state index in [0.29, 0.717) is 13.1 Å². The monoisotopic (exact) mass is 261 g/mol. The molecule has 1 heterocycles. The van der Waals surface area contributed by atoms with E-state index in [4.69, 9.17) is 5.73 Å². The molecule has 104 valence electrons. The van der Waals surface area contributed by atoms with Crippen molar-refractivity contribution in [2.45, 2.75) is 38.8 Å². The Bertz CT molecular complexity index is 394. The van der Waals surface area contributed by atoms with Crippen molar-refractivity contribution in [3.8, 4) is 0 Å². The summed E-state index contributed by atoms with van der Waals surface area (Å²) in [4.78, 5) is 14.0. The molecule has 1 aliphatic heterocycles. The van der Waals surface area contributed by atoms with Crippen LogP contribution in [-0.4, -0.2) is 24.0 Å². The molecule has 1 aromatic carbocycles. The molecule has 0 aromatic heterocycles. The SMILES string of the molecule is NCc1ccc(CNC(=O)N2CCCCCC2)cc1. The zero-order chi connectivity index (χ0) is 13.5. The lowest BCUT2D eigenvalue weighted by atomic mass is 10.1. The molecule has 0 aliphatic carbocycles. The second-order valence-electron chi connectivity index (χ2n) is 5.08. The van der Waals surface area contributed by atoms with Crippen molar-refractivity contribution in [3.05, 3.63) is 35.4 Å². The lowest BCUT2D eigenvalue weighted by Crippen LogP contribution is -2.40. The molecule has 0 radical (unpaired) electrons. The lowest BCUT2D eigenvalue weighted by Gasteiger charge is -2.20. The summed E-state index contributed by atoms with van der Waals surface area (Å²) in [6.07, 6.45) is 4.73. The lowest BCUT2D eigenvalue weighted by molar-refractivity contribution is 0.199. The third-order valence-corrected chi connectivity index (χ3v) is 3.60. The van der Waals surface area contributed by atoms with Crippen LogP contribution in [0, 0.1) is 0 Å². The first-order valence-electron chi connectivity index (χ1n) is 7.10. The fourth-order valence-corrected chi connectivity index (χ4v) is 2.36. The fourth-order valence-electron chi connectivity index (χ4n) is 2.36. The Hall–Kier alpha value is -1.55. The third kappa shape index (κ3) is 4.24. The molecule has 1 fully saturated rings. The minimum Gasteiger partial charge on any atom is -0.334 e. The highest BCUT2D eigenvalue weighted by atomic mass is 16.2. The maximum Gasteiger partial charge on any atom is 0.317 e. The summed E-state index contributed by atoms with van der Waals surface area (Å²) in [5.41, 5.74) is 7.78. The van der Waals surface area contributed by atoms with Crippen LogP contribution in [0.15, 0.2) is 24.3 Å². The summed E-state index contributed by atoms with van der Waals surface area (Å²) < 4.78 is 0. The smallest absolute Gasteiger partial charge is 0.317 e. The van der Waals surface area contributed by atoms with Gasteiger partial charge in [0.15, 0.2) is 0 Å². The molecule has 0 bridgehead atoms. The molecule has 4 heteroatoms. The number of carbonyl (C=O) groups excluding carboxylic acids is 1. The Morgan fingerprint density at radius 1 is 1.05 bits per heavy atom. The van der Waals surface area contributed by atoms with E-state index in [1.807, 2.05) is 29.2 Å². The normalized spacial score (nSPS) is 15.9. The van der Waals surface area contributed by atoms with E-state index < -0.39 is 0 Å². The van der Waals surface area contributed by atoms with Crippen LogP contribution < -0.4 is 11.1 Å². The van der Waals surface area contributed by atoms with Crippen LogP contribution in [0.5, 0.6) is 0 Å². The minimum atomic E-state index is 0.0600. The number of hydrogen-bond acceptors (Lipinski definition) is 2. The minimum absolute atomic E-state index is 0.0600. The molecular formula is C15H23N3O. The molecule has 0 atom stereocenters. The van der Waals surface area contributed by atoms with Gasteiger partial charge in [-0.3, -0.25) is 0 Å². The first-order chi connectivity index (χ1) is 9.29. The highest BCUT2D eigenvalue weighted by Gasteiger charge is 2.14. The highest BCUT2D eigenvalue weighted by molar-refractivity contribution is 5.74. The zero-order valence-electron chi connectivity index (χ0n) is 11.4. The summed E-state index contributed by atoms with van der Waals surface area (Å²) in [7, 11) is 0. The number of benzene rings is 1. The van der Waals surface area contributed by atoms with Crippen molar-refractivity contribution < 1.29 is 4.79 Å². The molecule has 1 aliphatic rings. The summed E-state index contributed by atoms with van der Waals surface area (Å²) in [6.45, 7) is 2.91. The van der Waals surface area contributed by atoms with E-state index in [1.165, 1.54) is 12.8 Å². The number of nitrogens with two attached hydrogens (primary N) is 1. The van der Waals surface area contributed by atoms with Gasteiger partial charge in [0.25, 0.3) is 0 Å². The van der Waals surface area contributed by atoms with E-state index in [0.717, 1.165) is 37.1 Å². The van der Waals surface area contributed by atoms with Gasteiger partial charge in [-0.05, 0) is 24.0 Å². The molecule has 0 unspecified atom stereocenters. The van der Waals surface area contributed by atoms with E-state index in [1.54, 1.807) is 0 Å². The fraction of sp³-hybridized carbons (Fsp3) is 0.533. The number of rotatable bonds is 3. The second kappa shape index (κ2) is 7.14. The first kappa shape index (κ1) is 13.9. The van der Waals surface area contributed by atoms with Crippen molar-refractivity contribution >= 4 is 6.03 Å². The Balaban J connectivity index is 1.81. The first-order valence-corrected chi connectivity index (χ1v) is 7.10. The van der Waals surface area contributed by atoms with Gasteiger partial charge in [0.2, 0.25) is 0 Å². The number of hydrogen-bond donors (Lipinski definition) is 2. The Morgan fingerprint density at radius 3 is 2.21 bits per heavy atom. The molecule has 0 spiro atoms. The van der Waals surface area contributed by atoms with Crippen LogP contribution in [0.4, 0.5) is 4.79 Å². The number of urea groups is 1. The predicted octanol–water partition coefficient (Wildman–Crippen LogP) is 2.23. The van der Waals surface area contributed by atoms with Crippen LogP contribution in [0.3, 0.4) is 0 Å². The van der Waals surface area contributed by atoms with Crippen molar-refractivity contribution in [3.63, 3.8) is 0 Å². The van der Waals surface area contributed by atoms with Crippen LogP contribution in [-0.2, 0) is 13.1 Å². The van der Waals surface area contributed by atoms with Crippen LogP contribution >= 0.6 is 0 Å². The van der Waals surface area contributed by atoms with E-state index in [2.05, 4.69) is 5.32 Å². The molecule has 0 saturated carbocycles. The molecular weight excluding hydrogens is 238 g/mol. The molecule has 2 amide bonds. The molecule has 19 heavy (non-hydrogen) atoms. The average molecular weight is 261 g/mol. The number of carbonyl (C=O) groups is 1. The maximum atomic E-state index is 12.0. The van der Waals surface area contributed by atoms with Crippen molar-refractivity contribution in [1.82, 2.24) is 10.2 Å². The Morgan fingerprint density at radius 2 is 1.63 bits per heavy atom. The topological polar surface area (TPSA) is 58.4 Å². The van der Waals surface area contributed by atoms with Gasteiger partial charge in [-0.2, -0.15) is 0 Å². The summed E-state index contributed by atoms with van der Waals surface area (Å²) in [5, 5.41) is 2.99. The van der Waals surface area contributed by atoms with Gasteiger partial charge in [-0.15, -0.1) is 0 Å². The summed E-state index contributed by atoms with van der Waals surface area (Å²) in [6, 6.07) is 8.11. The Labute approximate surface area is 115 Å². The summed E-state index contributed by atoms with van der Waals surface area (Å²) >= 11 is 0. The van der Waals surface area contributed by atoms with Gasteiger partial charge in [0.1, 0.15) is 0 Å². The predicted molar refractivity (Wildman–Crippen MR) is 76.6 cm³/mol. The standard InChI is InChI=1S/C15H23N3O/c16-11-13-5-7-14(8-6-13)12-17-15(19)18-9-3-1-2-4-10-18/h5-8H,1-4,9-12,16H2,(H,17,19). The Kier molecular flexibility index (Phi) is 5.21. The maximum absolute atomic E-state index is 12.0. The van der Waals surface area contributed by atoms with Crippen molar-refractivity contribution in [2.24, 2.45) is 5.73 Å². The quantitative estimate of drug-likeness (QED) is 0.876. The largest absolute Gasteiger partial charge is 0.334 e. The molecule has 4 nitrogen and oxygen atoms in total. The van der Waals surface area contributed by atoms with Gasteiger partial charge >= 0.3 is 6.03 Å². The van der Waals surface area contributed by atoms with Gasteiger partial charge < -0.3 is 16.0 Å². The third-order valence-electron chi connectivity index (χ3n) is 3.60. The van der Waals surface area contributed by atoms with Gasteiger partial charge in [0.05, 0.1) is 0 Å². The van der Waals surface area contributed by atoms with E-state index in [-0.39, 0.29) is 6.03 Å². The number of nitrogens with zero attached hydrogens (tertiary/aromatic N) is 1. The van der Waals surface area contributed by atoms with E-state index in [9.17, 15) is 4.79 Å². The van der Waals surface area contributed by atoms with E-state index >= 15 is 0 Å². The van der Waals surface area contributed by atoms with Crippen LogP contribution in [0.1, 0.15) is 36.8 Å². The number of nitrogens with one attached hydrogen (secondary N) is 1. The zero-order valence-corrected chi connectivity index (χ0v) is 11.4. The number of likely N-dealkylation sites (tertiary alicyclic amines) is 1. The highest BCUT2D eigenvalue weighted by Crippen LogP contribution is 2.10. The van der Waals surface area contributed by atoms with Gasteiger partial charge in [-0.1, -0.05) is 37.1 Å². The van der Waals surface area contributed by atoms with Crippen LogP contribution in [0.2, 0.25) is 0 Å². The van der Waals surface area contributed by atoms with Gasteiger partial charge in [0, 0.05) is 26.2 Å². The van der Waals surface area contributed by atoms with Crippen molar-refractivity contribution in [2.75, 3.05) is 13.1 Å². The van der Waals surface area contributed by atoms with Gasteiger partial charge in [-0.25, -0.2) is 4.79 Å². The molecule has 1 saturated heterocycles. The van der Waals surface area contributed by atoms with Crippen LogP contribution in [0.25, 0.3) is 0 Å². The summed E-state index contributed by atoms with van der Waals surface area (Å²) in [5.74, 6) is 0. The average Bonchev–Trinajstić information content (AvgIpc) is 2.74. The number of amides is 2. The van der Waals surface area contributed by atoms with Crippen molar-refractivity contribution in [1.29, 1.82) is 0 Å². The molecule has 1 aromatic rings. The molecule has 3 N–H and O–H groups in total. The second-order valence-corrected chi connectivity index (χ2v) is 5.08. The molecule has 2 rings (SSSR count).